The minimum atomic E-state index is 0.875. The second kappa shape index (κ2) is 14.1. The van der Waals surface area contributed by atoms with Crippen LogP contribution in [0.1, 0.15) is 27.7 Å². The summed E-state index contributed by atoms with van der Waals surface area (Å²) >= 11 is 1.82. The number of rotatable bonds is 1. The van der Waals surface area contributed by atoms with Crippen LogP contribution in [0.5, 0.6) is 0 Å². The summed E-state index contributed by atoms with van der Waals surface area (Å²) in [5.41, 5.74) is 0. The van der Waals surface area contributed by atoms with Crippen LogP contribution < -0.4 is 0 Å². The van der Waals surface area contributed by atoms with Gasteiger partial charge in [0.05, 0.1) is 5.92 Å². The van der Waals surface area contributed by atoms with E-state index < -0.39 is 0 Å². The molecule has 0 heterocycles. The standard InChI is InChI=1S/C10H13O.2CO.ClH.Ru/c1-6-7(2)9(4)10(5-11)8(6)3;2*1-2;;/h5H,1-4H3;;;1H;/q;;;;+2/p-1. The molecular weight excluding hydrogens is 329 g/mol. The monoisotopic (exact) mass is 342 g/mol. The number of aldehydes is 1. The molecule has 0 N–H and O–H groups in total. The van der Waals surface area contributed by atoms with Crippen LogP contribution in [0, 0.1) is 42.9 Å². The second-order valence-electron chi connectivity index (χ2n) is 3.03. The normalized spacial score (nSPS) is 17.8. The van der Waals surface area contributed by atoms with Crippen molar-refractivity contribution in [3.8, 4) is 0 Å². The summed E-state index contributed by atoms with van der Waals surface area (Å²) in [6.45, 7) is 17.1. The molecule has 17 heavy (non-hydrogen) atoms. The Morgan fingerprint density at radius 2 is 1.12 bits per heavy atom. The molecule has 1 aliphatic carbocycles. The molecule has 1 saturated carbocycles. The number of hydrogen-bond acceptors (Lipinski definition) is 1. The maximum absolute atomic E-state index is 10.6. The molecule has 1 aliphatic rings. The summed E-state index contributed by atoms with van der Waals surface area (Å²) < 4.78 is 15.0. The van der Waals surface area contributed by atoms with Crippen LogP contribution in [-0.4, -0.2) is 6.29 Å². The summed E-state index contributed by atoms with van der Waals surface area (Å²) in [5, 5.41) is 0. The van der Waals surface area contributed by atoms with Crippen molar-refractivity contribution in [1.82, 2.24) is 0 Å². The number of hydrogen-bond donors (Lipinski definition) is 0. The van der Waals surface area contributed by atoms with Crippen LogP contribution >= 0.6 is 9.69 Å². The SMILES string of the molecule is C[C]1[C](C)[C](C)[C](C=O)[C]1C.[C-]#[O+].[C-]#[O+].[Cl][Ru+]. The number of carbonyl (C=O) groups excluding carboxylic acids is 1. The Morgan fingerprint density at radius 1 is 0.882 bits per heavy atom. The third-order valence-corrected chi connectivity index (χ3v) is 2.61. The first-order chi connectivity index (χ1) is 8.09. The third kappa shape index (κ3) is 6.53. The molecule has 0 aromatic rings. The molecule has 0 bridgehead atoms. The van der Waals surface area contributed by atoms with Gasteiger partial charge >= 0.3 is 49.6 Å². The van der Waals surface area contributed by atoms with Crippen molar-refractivity contribution >= 4 is 16.0 Å². The van der Waals surface area contributed by atoms with Gasteiger partial charge in [0.25, 0.3) is 0 Å². The molecular formula is C12H13ClO3Ru+. The molecule has 93 valence electrons. The molecule has 0 saturated heterocycles. The first-order valence-corrected chi connectivity index (χ1v) is 6.55. The molecule has 3 nitrogen and oxygen atoms in total. The third-order valence-electron chi connectivity index (χ3n) is 2.61. The molecule has 1 fully saturated rings. The van der Waals surface area contributed by atoms with Gasteiger partial charge in [-0.3, -0.25) is 0 Å². The van der Waals surface area contributed by atoms with Crippen molar-refractivity contribution in [2.24, 2.45) is 0 Å². The summed E-state index contributed by atoms with van der Waals surface area (Å²) in [5.74, 6) is 5.65. The Labute approximate surface area is 118 Å². The fraction of sp³-hybridized carbons (Fsp3) is 0.333. The topological polar surface area (TPSA) is 56.9 Å². The van der Waals surface area contributed by atoms with Crippen LogP contribution in [0.3, 0.4) is 0 Å². The van der Waals surface area contributed by atoms with Gasteiger partial charge in [-0.2, -0.15) is 0 Å². The van der Waals surface area contributed by atoms with Gasteiger partial charge in [-0.15, -0.1) is 0 Å². The van der Waals surface area contributed by atoms with Crippen LogP contribution in [-0.2, 0) is 31.4 Å². The van der Waals surface area contributed by atoms with Gasteiger partial charge in [-0.05, 0) is 23.7 Å². The van der Waals surface area contributed by atoms with E-state index >= 15 is 0 Å². The Balaban J connectivity index is -0.000000285. The van der Waals surface area contributed by atoms with Gasteiger partial charge in [0.1, 0.15) is 6.29 Å². The number of halogens is 1. The van der Waals surface area contributed by atoms with Crippen LogP contribution in [0.15, 0.2) is 0 Å². The van der Waals surface area contributed by atoms with E-state index in [9.17, 15) is 4.79 Å². The molecule has 1 rings (SSSR count). The fourth-order valence-corrected chi connectivity index (χ4v) is 1.42. The molecule has 5 radical (unpaired) electrons. The molecule has 0 amide bonds. The van der Waals surface area contributed by atoms with E-state index in [2.05, 4.69) is 36.8 Å². The van der Waals surface area contributed by atoms with Gasteiger partial charge in [0.15, 0.2) is 0 Å². The Hall–Kier alpha value is 0.0634. The molecule has 0 unspecified atom stereocenters. The molecule has 5 heteroatoms. The predicted molar refractivity (Wildman–Crippen MR) is 58.7 cm³/mol. The summed E-state index contributed by atoms with van der Waals surface area (Å²) in [6.07, 6.45) is 0.949. The van der Waals surface area contributed by atoms with Crippen molar-refractivity contribution in [2.45, 2.75) is 27.7 Å². The molecule has 0 aromatic heterocycles. The zero-order valence-corrected chi connectivity index (χ0v) is 12.5. The minimum absolute atomic E-state index is 0.875. The van der Waals surface area contributed by atoms with E-state index in [1.54, 1.807) is 0 Å². The predicted octanol–water partition coefficient (Wildman–Crippen LogP) is 2.76. The first kappa shape index (κ1) is 22.3. The Morgan fingerprint density at radius 3 is 1.24 bits per heavy atom. The Bertz CT molecular complexity index is 210. The molecule has 0 atom stereocenters. The van der Waals surface area contributed by atoms with Crippen LogP contribution in [0.2, 0.25) is 0 Å². The Kier molecular flexibility index (Phi) is 18.5. The second-order valence-corrected chi connectivity index (χ2v) is 3.03. The van der Waals surface area contributed by atoms with Gasteiger partial charge in [-0.25, -0.2) is 0 Å². The summed E-state index contributed by atoms with van der Waals surface area (Å²) in [7, 11) is 4.57. The van der Waals surface area contributed by atoms with E-state index in [4.69, 9.17) is 9.30 Å². The van der Waals surface area contributed by atoms with E-state index in [0.29, 0.717) is 0 Å². The van der Waals surface area contributed by atoms with Gasteiger partial charge in [0, 0.05) is 0 Å². The summed E-state index contributed by atoms with van der Waals surface area (Å²) in [6, 6.07) is 0. The molecule has 0 aromatic carbocycles. The number of carbonyl (C=O) groups is 1. The van der Waals surface area contributed by atoms with Crippen LogP contribution in [0.25, 0.3) is 0 Å². The van der Waals surface area contributed by atoms with Crippen molar-refractivity contribution in [2.75, 3.05) is 0 Å². The van der Waals surface area contributed by atoms with E-state index in [-0.39, 0.29) is 0 Å². The zero-order valence-electron chi connectivity index (χ0n) is 10.0. The van der Waals surface area contributed by atoms with Gasteiger partial charge in [-0.1, -0.05) is 27.7 Å². The van der Waals surface area contributed by atoms with E-state index in [1.807, 2.05) is 31.2 Å². The zero-order chi connectivity index (χ0) is 14.6. The maximum atomic E-state index is 10.6. The van der Waals surface area contributed by atoms with E-state index in [0.717, 1.165) is 24.0 Å². The van der Waals surface area contributed by atoms with Crippen molar-refractivity contribution in [3.63, 3.8) is 0 Å². The van der Waals surface area contributed by atoms with Gasteiger partial charge < -0.3 is 4.79 Å². The van der Waals surface area contributed by atoms with Crippen molar-refractivity contribution in [3.05, 3.63) is 42.9 Å². The fourth-order valence-electron chi connectivity index (χ4n) is 1.42. The molecule has 0 aliphatic heterocycles. The summed E-state index contributed by atoms with van der Waals surface area (Å²) in [4.78, 5) is 10.6. The quantitative estimate of drug-likeness (QED) is 0.313. The van der Waals surface area contributed by atoms with E-state index in [1.165, 1.54) is 11.8 Å². The average Bonchev–Trinajstić information content (AvgIpc) is 2.61. The van der Waals surface area contributed by atoms with Crippen LogP contribution in [0.4, 0.5) is 0 Å². The van der Waals surface area contributed by atoms with Gasteiger partial charge in [0.2, 0.25) is 0 Å². The van der Waals surface area contributed by atoms with Crippen molar-refractivity contribution < 1.29 is 31.4 Å². The average molecular weight is 342 g/mol. The molecule has 0 spiro atoms. The first-order valence-electron chi connectivity index (χ1n) is 4.32. The van der Waals surface area contributed by atoms with Crippen molar-refractivity contribution in [1.29, 1.82) is 0 Å².